The maximum atomic E-state index is 14.0. The summed E-state index contributed by atoms with van der Waals surface area (Å²) in [5.74, 6) is -0.694. The van der Waals surface area contributed by atoms with Gasteiger partial charge in [-0.05, 0) is 67.6 Å². The van der Waals surface area contributed by atoms with Crippen LogP contribution in [-0.4, -0.2) is 51.5 Å². The van der Waals surface area contributed by atoms with E-state index in [2.05, 4.69) is 65.9 Å². The van der Waals surface area contributed by atoms with Crippen LogP contribution in [0.5, 0.6) is 5.75 Å². The SMILES string of the molecule is COC(=O)C[C@H]1[C@]2(C)C3=C(C)[C@H](c4ccccc4O[Si](C)(C)C(C)(C)C)C[C@H]3O[C@@H]2[C@@H]2OC(=O)[C@]3(C)C=CC(=O)[C@@]1(C)[C@@H]23. The first-order valence-corrected chi connectivity index (χ1v) is 18.5. The number of hydrogen-bond acceptors (Lipinski definition) is 7. The molecule has 3 fully saturated rings. The molecule has 9 atom stereocenters. The second-order valence-electron chi connectivity index (χ2n) is 15.6. The third-order valence-electron chi connectivity index (χ3n) is 12.4. The van der Waals surface area contributed by atoms with Crippen molar-refractivity contribution in [2.24, 2.45) is 28.1 Å². The van der Waals surface area contributed by atoms with E-state index in [-0.39, 0.29) is 41.2 Å². The first-order valence-electron chi connectivity index (χ1n) is 15.6. The van der Waals surface area contributed by atoms with E-state index in [0.717, 1.165) is 23.3 Å². The predicted molar refractivity (Wildman–Crippen MR) is 165 cm³/mol. The van der Waals surface area contributed by atoms with Crippen LogP contribution in [0.25, 0.3) is 0 Å². The summed E-state index contributed by atoms with van der Waals surface area (Å²) in [4.78, 5) is 40.4. The number of benzene rings is 1. The third-order valence-corrected chi connectivity index (χ3v) is 16.8. The Kier molecular flexibility index (Phi) is 6.63. The highest BCUT2D eigenvalue weighted by Gasteiger charge is 2.77. The Morgan fingerprint density at radius 1 is 1.09 bits per heavy atom. The van der Waals surface area contributed by atoms with Crippen LogP contribution < -0.4 is 4.43 Å². The number of rotatable bonds is 5. The summed E-state index contributed by atoms with van der Waals surface area (Å²) in [5.41, 5.74) is 0.739. The van der Waals surface area contributed by atoms with Crippen LogP contribution in [-0.2, 0) is 28.6 Å². The molecule has 7 nitrogen and oxygen atoms in total. The van der Waals surface area contributed by atoms with Gasteiger partial charge in [-0.25, -0.2) is 0 Å². The van der Waals surface area contributed by atoms with Crippen LogP contribution in [0.1, 0.15) is 72.8 Å². The molecule has 0 spiro atoms. The minimum atomic E-state index is -2.11. The molecule has 0 N–H and O–H groups in total. The number of esters is 2. The molecule has 232 valence electrons. The minimum absolute atomic E-state index is 0.0486. The lowest BCUT2D eigenvalue weighted by Crippen LogP contribution is -2.66. The molecule has 1 aromatic rings. The number of methoxy groups -OCH3 is 1. The number of ketones is 1. The van der Waals surface area contributed by atoms with Gasteiger partial charge in [0.1, 0.15) is 18.0 Å². The van der Waals surface area contributed by atoms with E-state index in [4.69, 9.17) is 18.6 Å². The molecular weight excluding hydrogens is 560 g/mol. The van der Waals surface area contributed by atoms with Crippen LogP contribution in [0.15, 0.2) is 47.6 Å². The van der Waals surface area contributed by atoms with Crippen molar-refractivity contribution in [2.45, 2.75) is 104 Å². The summed E-state index contributed by atoms with van der Waals surface area (Å²) >= 11 is 0. The summed E-state index contributed by atoms with van der Waals surface area (Å²) < 4.78 is 25.2. The first-order chi connectivity index (χ1) is 19.9. The van der Waals surface area contributed by atoms with Crippen molar-refractivity contribution in [2.75, 3.05) is 7.11 Å². The molecule has 43 heavy (non-hydrogen) atoms. The molecule has 0 aromatic heterocycles. The van der Waals surface area contributed by atoms with Crippen molar-refractivity contribution in [1.82, 2.24) is 0 Å². The largest absolute Gasteiger partial charge is 0.543 e. The molecule has 6 rings (SSSR count). The number of allylic oxidation sites excluding steroid dienone is 2. The van der Waals surface area contributed by atoms with Gasteiger partial charge in [0.25, 0.3) is 0 Å². The number of hydrogen-bond donors (Lipinski definition) is 0. The fourth-order valence-electron chi connectivity index (χ4n) is 9.20. The molecule has 1 aromatic carbocycles. The van der Waals surface area contributed by atoms with Crippen LogP contribution >= 0.6 is 0 Å². The lowest BCUT2D eigenvalue weighted by molar-refractivity contribution is -0.190. The Bertz CT molecular complexity index is 1470. The second kappa shape index (κ2) is 9.40. The molecular formula is C35H46O7Si. The highest BCUT2D eigenvalue weighted by atomic mass is 28.4. The Morgan fingerprint density at radius 2 is 1.77 bits per heavy atom. The third kappa shape index (κ3) is 3.90. The minimum Gasteiger partial charge on any atom is -0.543 e. The molecule has 2 heterocycles. The average molecular weight is 607 g/mol. The van der Waals surface area contributed by atoms with Crippen molar-refractivity contribution in [3.63, 3.8) is 0 Å². The van der Waals surface area contributed by atoms with Gasteiger partial charge in [0.15, 0.2) is 5.78 Å². The molecule has 0 bridgehead atoms. The van der Waals surface area contributed by atoms with Gasteiger partial charge in [0, 0.05) is 22.7 Å². The van der Waals surface area contributed by atoms with Crippen molar-refractivity contribution >= 4 is 26.0 Å². The maximum Gasteiger partial charge on any atom is 0.316 e. The van der Waals surface area contributed by atoms with E-state index >= 15 is 0 Å². The van der Waals surface area contributed by atoms with E-state index in [0.29, 0.717) is 0 Å². The standard InChI is InChI=1S/C35H46O7Si/c1-19-21(20-13-11-12-14-22(20)42-43(9,10)32(2,3)4)17-23-27(19)35(7)24(18-26(37)39-8)34(6)25(36)15-16-33(5)29(34)28(30(35)40-23)41-31(33)38/h11-16,21,23-24,28-30H,17-18H2,1-10H3/t21-,23-,24-,28-,29+,30-,33-,34+,35-/m1/s1. The smallest absolute Gasteiger partial charge is 0.316 e. The quantitative estimate of drug-likeness (QED) is 0.214. The summed E-state index contributed by atoms with van der Waals surface area (Å²) in [7, 11) is -0.723. The molecule has 5 aliphatic rings. The van der Waals surface area contributed by atoms with Gasteiger partial charge >= 0.3 is 11.9 Å². The Morgan fingerprint density at radius 3 is 2.42 bits per heavy atom. The van der Waals surface area contributed by atoms with Gasteiger partial charge < -0.3 is 18.6 Å². The maximum absolute atomic E-state index is 14.0. The lowest BCUT2D eigenvalue weighted by atomic mass is 9.42. The zero-order chi connectivity index (χ0) is 31.5. The van der Waals surface area contributed by atoms with E-state index in [1.165, 1.54) is 18.8 Å². The van der Waals surface area contributed by atoms with Gasteiger partial charge in [0.05, 0.1) is 25.0 Å². The Hall–Kier alpha value is -2.71. The molecule has 0 amide bonds. The highest BCUT2D eigenvalue weighted by molar-refractivity contribution is 6.74. The predicted octanol–water partition coefficient (Wildman–Crippen LogP) is 6.53. The zero-order valence-corrected chi connectivity index (χ0v) is 28.2. The fraction of sp³-hybridized carbons (Fsp3) is 0.629. The Balaban J connectivity index is 1.50. The number of fused-ring (bicyclic) bond motifs is 4. The Labute approximate surface area is 256 Å². The molecule has 2 aliphatic heterocycles. The van der Waals surface area contributed by atoms with Crippen molar-refractivity contribution in [3.05, 3.63) is 53.1 Å². The van der Waals surface area contributed by atoms with E-state index < -0.39 is 48.6 Å². The van der Waals surface area contributed by atoms with Crippen LogP contribution in [0, 0.1) is 28.1 Å². The number of carbonyl (C=O) groups is 3. The van der Waals surface area contributed by atoms with Crippen molar-refractivity contribution in [1.29, 1.82) is 0 Å². The van der Waals surface area contributed by atoms with Crippen molar-refractivity contribution < 1.29 is 33.0 Å². The highest BCUT2D eigenvalue weighted by Crippen LogP contribution is 2.72. The number of para-hydroxylation sites is 1. The number of ether oxygens (including phenoxy) is 3. The molecule has 0 radical (unpaired) electrons. The fourth-order valence-corrected chi connectivity index (χ4v) is 10.2. The molecule has 0 unspecified atom stereocenters. The zero-order valence-electron chi connectivity index (χ0n) is 27.2. The monoisotopic (exact) mass is 606 g/mol. The molecule has 3 aliphatic carbocycles. The van der Waals surface area contributed by atoms with Crippen molar-refractivity contribution in [3.8, 4) is 5.75 Å². The summed E-state index contributed by atoms with van der Waals surface area (Å²) in [6, 6.07) is 8.32. The molecule has 8 heteroatoms. The van der Waals surface area contributed by atoms with Gasteiger partial charge in [-0.2, -0.15) is 0 Å². The topological polar surface area (TPSA) is 88.1 Å². The summed E-state index contributed by atoms with van der Waals surface area (Å²) in [5, 5.41) is 0.0486. The van der Waals surface area contributed by atoms with Gasteiger partial charge in [0.2, 0.25) is 8.32 Å². The lowest BCUT2D eigenvalue weighted by Gasteiger charge is -2.59. The van der Waals surface area contributed by atoms with Gasteiger partial charge in [-0.15, -0.1) is 0 Å². The normalized spacial score (nSPS) is 39.8. The van der Waals surface area contributed by atoms with E-state index in [1.807, 2.05) is 19.9 Å². The first kappa shape index (κ1) is 30.3. The molecule has 1 saturated carbocycles. The van der Waals surface area contributed by atoms with Crippen LogP contribution in [0.3, 0.4) is 0 Å². The van der Waals surface area contributed by atoms with E-state index in [9.17, 15) is 14.4 Å². The van der Waals surface area contributed by atoms with Crippen LogP contribution in [0.2, 0.25) is 18.1 Å². The second-order valence-corrected chi connectivity index (χ2v) is 20.3. The number of carbonyl (C=O) groups excluding carboxylic acids is 3. The summed E-state index contributed by atoms with van der Waals surface area (Å²) in [6.45, 7) is 19.3. The van der Waals surface area contributed by atoms with E-state index in [1.54, 1.807) is 6.08 Å². The van der Waals surface area contributed by atoms with Gasteiger partial charge in [-0.3, -0.25) is 14.4 Å². The van der Waals surface area contributed by atoms with Gasteiger partial charge in [-0.1, -0.05) is 64.5 Å². The average Bonchev–Trinajstić information content (AvgIpc) is 3.51. The summed E-state index contributed by atoms with van der Waals surface area (Å²) in [6.07, 6.45) is 2.73. The van der Waals surface area contributed by atoms with Crippen LogP contribution in [0.4, 0.5) is 0 Å². The molecule has 2 saturated heterocycles.